The molecule has 2 rings (SSSR count). The van der Waals surface area contributed by atoms with Crippen molar-refractivity contribution in [3.05, 3.63) is 40.9 Å². The van der Waals surface area contributed by atoms with Crippen molar-refractivity contribution in [2.75, 3.05) is 12.4 Å². The first kappa shape index (κ1) is 12.0. The Morgan fingerprint density at radius 3 is 2.88 bits per heavy atom. The number of benzene rings is 1. The smallest absolute Gasteiger partial charge is 0.133 e. The number of anilines is 1. The lowest BCUT2D eigenvalue weighted by molar-refractivity contribution is 0.412. The van der Waals surface area contributed by atoms with Crippen molar-refractivity contribution in [1.29, 1.82) is 0 Å². The van der Waals surface area contributed by atoms with E-state index < -0.39 is 0 Å². The highest BCUT2D eigenvalue weighted by Crippen LogP contribution is 2.27. The first-order chi connectivity index (χ1) is 8.20. The summed E-state index contributed by atoms with van der Waals surface area (Å²) in [4.78, 5) is 4.25. The number of ether oxygens (including phenoxy) is 1. The minimum Gasteiger partial charge on any atom is -0.496 e. The van der Waals surface area contributed by atoms with E-state index in [4.69, 9.17) is 4.74 Å². The first-order valence-corrected chi connectivity index (χ1v) is 6.03. The van der Waals surface area contributed by atoms with E-state index in [2.05, 4.69) is 26.2 Å². The van der Waals surface area contributed by atoms with Gasteiger partial charge in [0.25, 0.3) is 0 Å². The van der Waals surface area contributed by atoms with Gasteiger partial charge in [-0.2, -0.15) is 0 Å². The lowest BCUT2D eigenvalue weighted by Gasteiger charge is -2.09. The number of aromatic nitrogens is 2. The molecular weight excluding hydrogens is 282 g/mol. The molecular formula is C12H14BrN3O. The fraction of sp³-hybridized carbons (Fsp3) is 0.250. The summed E-state index contributed by atoms with van der Waals surface area (Å²) in [5, 5.41) is 3.31. The molecule has 0 saturated carbocycles. The normalized spacial score (nSPS) is 10.3. The topological polar surface area (TPSA) is 39.1 Å². The third kappa shape index (κ3) is 2.79. The Labute approximate surface area is 109 Å². The van der Waals surface area contributed by atoms with Gasteiger partial charge in [0.1, 0.15) is 11.6 Å². The number of imidazole rings is 1. The van der Waals surface area contributed by atoms with Crippen LogP contribution in [0.1, 0.15) is 5.82 Å². The summed E-state index contributed by atoms with van der Waals surface area (Å²) in [6, 6.07) is 5.89. The molecule has 1 heterocycles. The second-order valence-electron chi connectivity index (χ2n) is 3.66. The molecule has 0 atom stereocenters. The fourth-order valence-corrected chi connectivity index (χ4v) is 2.06. The van der Waals surface area contributed by atoms with Crippen LogP contribution in [0.25, 0.3) is 0 Å². The number of rotatable bonds is 4. The molecule has 0 amide bonds. The maximum atomic E-state index is 5.18. The van der Waals surface area contributed by atoms with Crippen LogP contribution in [0.5, 0.6) is 5.75 Å². The van der Waals surface area contributed by atoms with Crippen LogP contribution in [0.2, 0.25) is 0 Å². The van der Waals surface area contributed by atoms with Crippen LogP contribution in [-0.4, -0.2) is 16.7 Å². The van der Waals surface area contributed by atoms with Crippen molar-refractivity contribution in [3.63, 3.8) is 0 Å². The maximum absolute atomic E-state index is 5.18. The van der Waals surface area contributed by atoms with E-state index in [0.29, 0.717) is 6.54 Å². The Morgan fingerprint density at radius 1 is 1.47 bits per heavy atom. The summed E-state index contributed by atoms with van der Waals surface area (Å²) in [5.74, 6) is 1.82. The van der Waals surface area contributed by atoms with Crippen molar-refractivity contribution < 1.29 is 4.74 Å². The maximum Gasteiger partial charge on any atom is 0.133 e. The Balaban J connectivity index is 2.05. The van der Waals surface area contributed by atoms with E-state index in [9.17, 15) is 0 Å². The van der Waals surface area contributed by atoms with Crippen LogP contribution in [0, 0.1) is 0 Å². The van der Waals surface area contributed by atoms with Crippen LogP contribution < -0.4 is 10.1 Å². The number of hydrogen-bond acceptors (Lipinski definition) is 3. The summed E-state index contributed by atoms with van der Waals surface area (Å²) in [5.41, 5.74) is 1.03. The van der Waals surface area contributed by atoms with E-state index in [1.54, 1.807) is 13.3 Å². The minimum atomic E-state index is 0.697. The standard InChI is InChI=1S/C12H14BrN3O/c1-16-6-5-14-12(16)8-15-9-3-4-11(17-2)10(13)7-9/h3-7,15H,8H2,1-2H3. The van der Waals surface area contributed by atoms with Crippen LogP contribution in [0.15, 0.2) is 35.1 Å². The molecule has 1 N–H and O–H groups in total. The van der Waals surface area contributed by atoms with E-state index >= 15 is 0 Å². The SMILES string of the molecule is COc1ccc(NCc2nccn2C)cc1Br. The number of halogens is 1. The van der Waals surface area contributed by atoms with E-state index in [-0.39, 0.29) is 0 Å². The average molecular weight is 296 g/mol. The molecule has 0 spiro atoms. The molecule has 0 aliphatic carbocycles. The number of aryl methyl sites for hydroxylation is 1. The summed E-state index contributed by atoms with van der Waals surface area (Å²) in [7, 11) is 3.63. The highest BCUT2D eigenvalue weighted by molar-refractivity contribution is 9.10. The zero-order chi connectivity index (χ0) is 12.3. The molecule has 17 heavy (non-hydrogen) atoms. The molecule has 0 aliphatic rings. The predicted molar refractivity (Wildman–Crippen MR) is 71.2 cm³/mol. The van der Waals surface area contributed by atoms with Crippen molar-refractivity contribution in [2.45, 2.75) is 6.54 Å². The number of nitrogens with one attached hydrogen (secondary N) is 1. The fourth-order valence-electron chi connectivity index (χ4n) is 1.52. The van der Waals surface area contributed by atoms with Crippen LogP contribution in [-0.2, 0) is 13.6 Å². The van der Waals surface area contributed by atoms with Gasteiger partial charge in [-0.05, 0) is 34.1 Å². The summed E-state index contributed by atoms with van der Waals surface area (Å²) in [6.45, 7) is 0.697. The molecule has 90 valence electrons. The molecule has 1 aromatic carbocycles. The molecule has 2 aromatic rings. The molecule has 0 fully saturated rings. The lowest BCUT2D eigenvalue weighted by Crippen LogP contribution is -2.05. The van der Waals surface area contributed by atoms with Crippen LogP contribution in [0.4, 0.5) is 5.69 Å². The minimum absolute atomic E-state index is 0.697. The average Bonchev–Trinajstić information content (AvgIpc) is 2.72. The van der Waals surface area contributed by atoms with Crippen molar-refractivity contribution in [1.82, 2.24) is 9.55 Å². The molecule has 4 nitrogen and oxygen atoms in total. The monoisotopic (exact) mass is 295 g/mol. The number of methoxy groups -OCH3 is 1. The Bertz CT molecular complexity index is 510. The first-order valence-electron chi connectivity index (χ1n) is 5.24. The summed E-state index contributed by atoms with van der Waals surface area (Å²) < 4.78 is 8.11. The van der Waals surface area contributed by atoms with Gasteiger partial charge in [0.2, 0.25) is 0 Å². The van der Waals surface area contributed by atoms with Gasteiger partial charge >= 0.3 is 0 Å². The quantitative estimate of drug-likeness (QED) is 0.943. The van der Waals surface area contributed by atoms with Crippen molar-refractivity contribution in [2.24, 2.45) is 7.05 Å². The van der Waals surface area contributed by atoms with Crippen LogP contribution >= 0.6 is 15.9 Å². The highest BCUT2D eigenvalue weighted by Gasteiger charge is 2.02. The predicted octanol–water partition coefficient (Wildman–Crippen LogP) is 2.80. The molecule has 5 heteroatoms. The van der Waals surface area contributed by atoms with Gasteiger partial charge in [0, 0.05) is 25.1 Å². The lowest BCUT2D eigenvalue weighted by atomic mass is 10.3. The van der Waals surface area contributed by atoms with Gasteiger partial charge in [-0.25, -0.2) is 4.98 Å². The molecule has 0 saturated heterocycles. The summed E-state index contributed by atoms with van der Waals surface area (Å²) >= 11 is 3.45. The number of nitrogens with zero attached hydrogens (tertiary/aromatic N) is 2. The van der Waals surface area contributed by atoms with E-state index in [1.807, 2.05) is 36.0 Å². The molecule has 0 radical (unpaired) electrons. The van der Waals surface area contributed by atoms with Gasteiger partial charge in [-0.3, -0.25) is 0 Å². The van der Waals surface area contributed by atoms with E-state index in [0.717, 1.165) is 21.7 Å². The highest BCUT2D eigenvalue weighted by atomic mass is 79.9. The zero-order valence-corrected chi connectivity index (χ0v) is 11.4. The molecule has 0 aliphatic heterocycles. The summed E-state index contributed by atoms with van der Waals surface area (Å²) in [6.07, 6.45) is 3.72. The van der Waals surface area contributed by atoms with Gasteiger partial charge in [0.05, 0.1) is 18.1 Å². The Hall–Kier alpha value is -1.49. The molecule has 0 bridgehead atoms. The second-order valence-corrected chi connectivity index (χ2v) is 4.51. The Morgan fingerprint density at radius 2 is 2.29 bits per heavy atom. The van der Waals surface area contributed by atoms with E-state index in [1.165, 1.54) is 0 Å². The van der Waals surface area contributed by atoms with Gasteiger partial charge < -0.3 is 14.6 Å². The second kappa shape index (κ2) is 5.23. The zero-order valence-electron chi connectivity index (χ0n) is 9.77. The van der Waals surface area contributed by atoms with Gasteiger partial charge in [-0.1, -0.05) is 0 Å². The number of hydrogen-bond donors (Lipinski definition) is 1. The Kier molecular flexibility index (Phi) is 3.68. The van der Waals surface area contributed by atoms with Crippen molar-refractivity contribution >= 4 is 21.6 Å². The molecule has 1 aromatic heterocycles. The largest absolute Gasteiger partial charge is 0.496 e. The molecule has 0 unspecified atom stereocenters. The third-order valence-corrected chi connectivity index (χ3v) is 3.14. The van der Waals surface area contributed by atoms with Crippen LogP contribution in [0.3, 0.4) is 0 Å². The van der Waals surface area contributed by atoms with Gasteiger partial charge in [-0.15, -0.1) is 0 Å². The van der Waals surface area contributed by atoms with Gasteiger partial charge in [0.15, 0.2) is 0 Å². The third-order valence-electron chi connectivity index (χ3n) is 2.52. The van der Waals surface area contributed by atoms with Crippen molar-refractivity contribution in [3.8, 4) is 5.75 Å².